The number of rotatable bonds is 4. The molecule has 0 saturated heterocycles. The SMILES string of the molecule is CNc1ccc(C(=O)Nc2ccc(OC)nc2)nc1. The van der Waals surface area contributed by atoms with Crippen LogP contribution < -0.4 is 15.4 Å². The average molecular weight is 258 g/mol. The van der Waals surface area contributed by atoms with Gasteiger partial charge in [0.2, 0.25) is 5.88 Å². The number of methoxy groups -OCH3 is 1. The molecule has 0 radical (unpaired) electrons. The predicted molar refractivity (Wildman–Crippen MR) is 72.5 cm³/mol. The molecule has 0 aliphatic heterocycles. The summed E-state index contributed by atoms with van der Waals surface area (Å²) >= 11 is 0. The maximum atomic E-state index is 11.9. The van der Waals surface area contributed by atoms with Crippen LogP contribution in [-0.4, -0.2) is 30.0 Å². The first-order chi connectivity index (χ1) is 9.22. The Kier molecular flexibility index (Phi) is 3.92. The van der Waals surface area contributed by atoms with Crippen molar-refractivity contribution in [3.63, 3.8) is 0 Å². The molecular weight excluding hydrogens is 244 g/mol. The minimum absolute atomic E-state index is 0.283. The van der Waals surface area contributed by atoms with E-state index in [9.17, 15) is 4.79 Å². The molecule has 2 heterocycles. The van der Waals surface area contributed by atoms with Crippen molar-refractivity contribution in [3.8, 4) is 5.88 Å². The Hall–Kier alpha value is -2.63. The molecule has 6 nitrogen and oxygen atoms in total. The summed E-state index contributed by atoms with van der Waals surface area (Å²) in [6.45, 7) is 0. The topological polar surface area (TPSA) is 76.1 Å². The summed E-state index contributed by atoms with van der Waals surface area (Å²) in [4.78, 5) is 20.0. The van der Waals surface area contributed by atoms with Crippen LogP contribution in [0.5, 0.6) is 5.88 Å². The summed E-state index contributed by atoms with van der Waals surface area (Å²) < 4.78 is 4.94. The molecule has 2 rings (SSSR count). The molecule has 0 fully saturated rings. The normalized spacial score (nSPS) is 9.79. The number of aromatic nitrogens is 2. The van der Waals surface area contributed by atoms with Crippen LogP contribution in [0, 0.1) is 0 Å². The van der Waals surface area contributed by atoms with E-state index >= 15 is 0 Å². The van der Waals surface area contributed by atoms with Gasteiger partial charge in [0.05, 0.1) is 30.9 Å². The summed E-state index contributed by atoms with van der Waals surface area (Å²) in [5.41, 5.74) is 1.78. The van der Waals surface area contributed by atoms with Gasteiger partial charge in [-0.25, -0.2) is 9.97 Å². The fourth-order valence-electron chi connectivity index (χ4n) is 1.45. The van der Waals surface area contributed by atoms with Crippen LogP contribution in [0.25, 0.3) is 0 Å². The fourth-order valence-corrected chi connectivity index (χ4v) is 1.45. The lowest BCUT2D eigenvalue weighted by Gasteiger charge is -2.05. The second kappa shape index (κ2) is 5.81. The van der Waals surface area contributed by atoms with Gasteiger partial charge in [0.1, 0.15) is 5.69 Å². The van der Waals surface area contributed by atoms with Crippen molar-refractivity contribution in [2.75, 3.05) is 24.8 Å². The van der Waals surface area contributed by atoms with Gasteiger partial charge in [-0.1, -0.05) is 0 Å². The Morgan fingerprint density at radius 2 is 1.84 bits per heavy atom. The zero-order valence-electron chi connectivity index (χ0n) is 10.7. The first-order valence-electron chi connectivity index (χ1n) is 5.68. The molecule has 0 aliphatic rings. The summed E-state index contributed by atoms with van der Waals surface area (Å²) in [6, 6.07) is 6.82. The Balaban J connectivity index is 2.06. The summed E-state index contributed by atoms with van der Waals surface area (Å²) in [5, 5.41) is 5.64. The first-order valence-corrected chi connectivity index (χ1v) is 5.68. The number of hydrogen-bond acceptors (Lipinski definition) is 5. The Morgan fingerprint density at radius 1 is 1.11 bits per heavy atom. The van der Waals surface area contributed by atoms with Crippen molar-refractivity contribution in [2.45, 2.75) is 0 Å². The van der Waals surface area contributed by atoms with Crippen molar-refractivity contribution in [3.05, 3.63) is 42.4 Å². The molecule has 0 spiro atoms. The van der Waals surface area contributed by atoms with Gasteiger partial charge in [0, 0.05) is 13.1 Å². The number of nitrogens with one attached hydrogen (secondary N) is 2. The van der Waals surface area contributed by atoms with Gasteiger partial charge in [0.15, 0.2) is 0 Å². The number of anilines is 2. The molecule has 2 N–H and O–H groups in total. The zero-order chi connectivity index (χ0) is 13.7. The molecule has 2 aromatic rings. The van der Waals surface area contributed by atoms with Crippen LogP contribution in [0.3, 0.4) is 0 Å². The van der Waals surface area contributed by atoms with Crippen LogP contribution in [0.2, 0.25) is 0 Å². The van der Waals surface area contributed by atoms with Crippen molar-refractivity contribution in [2.24, 2.45) is 0 Å². The quantitative estimate of drug-likeness (QED) is 0.874. The van der Waals surface area contributed by atoms with Crippen LogP contribution in [0.15, 0.2) is 36.7 Å². The number of hydrogen-bond donors (Lipinski definition) is 2. The lowest BCUT2D eigenvalue weighted by Crippen LogP contribution is -2.13. The third-order valence-electron chi connectivity index (χ3n) is 2.49. The molecule has 2 aromatic heterocycles. The highest BCUT2D eigenvalue weighted by atomic mass is 16.5. The standard InChI is InChI=1S/C13H14N4O2/c1-14-9-3-5-11(15-7-9)13(18)17-10-4-6-12(19-2)16-8-10/h3-8,14H,1-2H3,(H,17,18). The van der Waals surface area contributed by atoms with Crippen LogP contribution >= 0.6 is 0 Å². The number of nitrogens with zero attached hydrogens (tertiary/aromatic N) is 2. The van der Waals surface area contributed by atoms with Gasteiger partial charge < -0.3 is 15.4 Å². The number of ether oxygens (including phenoxy) is 1. The van der Waals surface area contributed by atoms with Crippen LogP contribution in [0.4, 0.5) is 11.4 Å². The van der Waals surface area contributed by atoms with Crippen LogP contribution in [-0.2, 0) is 0 Å². The molecule has 6 heteroatoms. The van der Waals surface area contributed by atoms with E-state index in [4.69, 9.17) is 4.74 Å². The smallest absolute Gasteiger partial charge is 0.274 e. The predicted octanol–water partition coefficient (Wildman–Crippen LogP) is 1.78. The van der Waals surface area contributed by atoms with Gasteiger partial charge in [-0.05, 0) is 18.2 Å². The molecule has 0 atom stereocenters. The van der Waals surface area contributed by atoms with E-state index in [-0.39, 0.29) is 5.91 Å². The first kappa shape index (κ1) is 12.8. The van der Waals surface area contributed by atoms with E-state index in [0.717, 1.165) is 5.69 Å². The van der Waals surface area contributed by atoms with E-state index in [2.05, 4.69) is 20.6 Å². The highest BCUT2D eigenvalue weighted by Crippen LogP contribution is 2.12. The van der Waals surface area contributed by atoms with Crippen molar-refractivity contribution in [1.29, 1.82) is 0 Å². The lowest BCUT2D eigenvalue weighted by molar-refractivity contribution is 0.102. The lowest BCUT2D eigenvalue weighted by atomic mass is 10.3. The molecule has 1 amide bonds. The van der Waals surface area contributed by atoms with E-state index in [1.165, 1.54) is 13.3 Å². The Labute approximate surface area is 110 Å². The van der Waals surface area contributed by atoms with Crippen molar-refractivity contribution < 1.29 is 9.53 Å². The van der Waals surface area contributed by atoms with Crippen molar-refractivity contribution in [1.82, 2.24) is 9.97 Å². The third kappa shape index (κ3) is 3.19. The number of carbonyl (C=O) groups excluding carboxylic acids is 1. The van der Waals surface area contributed by atoms with Crippen LogP contribution in [0.1, 0.15) is 10.5 Å². The Morgan fingerprint density at radius 3 is 2.37 bits per heavy atom. The van der Waals surface area contributed by atoms with Gasteiger partial charge in [-0.3, -0.25) is 4.79 Å². The largest absolute Gasteiger partial charge is 0.481 e. The minimum Gasteiger partial charge on any atom is -0.481 e. The maximum Gasteiger partial charge on any atom is 0.274 e. The van der Waals surface area contributed by atoms with E-state index in [1.807, 2.05) is 0 Å². The second-order valence-electron chi connectivity index (χ2n) is 3.73. The second-order valence-corrected chi connectivity index (χ2v) is 3.73. The number of carbonyl (C=O) groups is 1. The van der Waals surface area contributed by atoms with E-state index in [0.29, 0.717) is 17.3 Å². The fraction of sp³-hybridized carbons (Fsp3) is 0.154. The molecule has 0 saturated carbocycles. The molecule has 0 aromatic carbocycles. The maximum absolute atomic E-state index is 11.9. The molecule has 0 unspecified atom stereocenters. The Bertz CT molecular complexity index is 552. The molecular formula is C13H14N4O2. The highest BCUT2D eigenvalue weighted by Gasteiger charge is 2.07. The average Bonchev–Trinajstić information content (AvgIpc) is 2.48. The van der Waals surface area contributed by atoms with Gasteiger partial charge in [-0.2, -0.15) is 0 Å². The van der Waals surface area contributed by atoms with E-state index in [1.54, 1.807) is 37.5 Å². The monoisotopic (exact) mass is 258 g/mol. The molecule has 0 bridgehead atoms. The van der Waals surface area contributed by atoms with E-state index < -0.39 is 0 Å². The van der Waals surface area contributed by atoms with Gasteiger partial charge in [-0.15, -0.1) is 0 Å². The molecule has 0 aliphatic carbocycles. The highest BCUT2D eigenvalue weighted by molar-refractivity contribution is 6.02. The molecule has 98 valence electrons. The summed E-state index contributed by atoms with van der Waals surface area (Å²) in [5.74, 6) is 0.212. The van der Waals surface area contributed by atoms with Gasteiger partial charge in [0.25, 0.3) is 5.91 Å². The molecule has 19 heavy (non-hydrogen) atoms. The minimum atomic E-state index is -0.283. The summed E-state index contributed by atoms with van der Waals surface area (Å²) in [6.07, 6.45) is 3.12. The third-order valence-corrected chi connectivity index (χ3v) is 2.49. The summed E-state index contributed by atoms with van der Waals surface area (Å²) in [7, 11) is 3.33. The van der Waals surface area contributed by atoms with Crippen molar-refractivity contribution >= 4 is 17.3 Å². The number of amides is 1. The number of pyridine rings is 2. The van der Waals surface area contributed by atoms with Gasteiger partial charge >= 0.3 is 0 Å². The zero-order valence-corrected chi connectivity index (χ0v) is 10.7.